The summed E-state index contributed by atoms with van der Waals surface area (Å²) in [5.74, 6) is 1.42. The highest BCUT2D eigenvalue weighted by Gasteiger charge is 2.41. The molecule has 26 heavy (non-hydrogen) atoms. The monoisotopic (exact) mass is 356 g/mol. The van der Waals surface area contributed by atoms with Crippen LogP contribution in [-0.4, -0.2) is 61.4 Å². The molecular formula is C19H28N6O. The number of aromatic nitrogens is 4. The predicted molar refractivity (Wildman–Crippen MR) is 98.3 cm³/mol. The fourth-order valence-electron chi connectivity index (χ4n) is 4.51. The van der Waals surface area contributed by atoms with E-state index in [1.807, 2.05) is 18.6 Å². The second kappa shape index (κ2) is 7.23. The number of carbonyl (C=O) groups is 1. The van der Waals surface area contributed by atoms with Crippen LogP contribution in [0, 0.1) is 5.41 Å². The minimum absolute atomic E-state index is 0.241. The highest BCUT2D eigenvalue weighted by molar-refractivity contribution is 5.77. The molecular weight excluding hydrogens is 328 g/mol. The molecule has 2 fully saturated rings. The van der Waals surface area contributed by atoms with Crippen molar-refractivity contribution in [3.8, 4) is 0 Å². The van der Waals surface area contributed by atoms with Gasteiger partial charge in [0.1, 0.15) is 5.82 Å². The van der Waals surface area contributed by atoms with Crippen LogP contribution in [-0.2, 0) is 24.8 Å². The van der Waals surface area contributed by atoms with Crippen LogP contribution in [0.25, 0.3) is 0 Å². The van der Waals surface area contributed by atoms with Crippen molar-refractivity contribution < 1.29 is 4.79 Å². The van der Waals surface area contributed by atoms with Gasteiger partial charge in [0.15, 0.2) is 0 Å². The van der Waals surface area contributed by atoms with Gasteiger partial charge in [-0.2, -0.15) is 0 Å². The molecule has 2 saturated heterocycles. The van der Waals surface area contributed by atoms with Gasteiger partial charge in [0.25, 0.3) is 0 Å². The quantitative estimate of drug-likeness (QED) is 0.883. The van der Waals surface area contributed by atoms with Crippen molar-refractivity contribution in [3.63, 3.8) is 0 Å². The molecule has 4 rings (SSSR count). The zero-order valence-corrected chi connectivity index (χ0v) is 15.5. The Morgan fingerprint density at radius 1 is 1.31 bits per heavy atom. The van der Waals surface area contributed by atoms with Crippen molar-refractivity contribution in [2.45, 2.75) is 38.6 Å². The Morgan fingerprint density at radius 3 is 3.00 bits per heavy atom. The lowest BCUT2D eigenvalue weighted by Gasteiger charge is -2.48. The van der Waals surface area contributed by atoms with Crippen LogP contribution in [0.4, 0.5) is 0 Å². The zero-order chi connectivity index (χ0) is 18.0. The molecule has 0 radical (unpaired) electrons. The Bertz CT molecular complexity index is 739. The van der Waals surface area contributed by atoms with E-state index in [2.05, 4.69) is 36.4 Å². The first-order valence-electron chi connectivity index (χ1n) is 9.57. The summed E-state index contributed by atoms with van der Waals surface area (Å²) in [4.78, 5) is 28.7. The van der Waals surface area contributed by atoms with E-state index < -0.39 is 0 Å². The van der Waals surface area contributed by atoms with Gasteiger partial charge >= 0.3 is 0 Å². The lowest BCUT2D eigenvalue weighted by atomic mass is 9.73. The summed E-state index contributed by atoms with van der Waals surface area (Å²) in [6.07, 6.45) is 12.4. The lowest BCUT2D eigenvalue weighted by Crippen LogP contribution is -2.54. The maximum atomic E-state index is 12.4. The number of nitrogens with zero attached hydrogens (tertiary/aromatic N) is 5. The first-order chi connectivity index (χ1) is 12.6. The van der Waals surface area contributed by atoms with Gasteiger partial charge < -0.3 is 14.5 Å². The van der Waals surface area contributed by atoms with Crippen LogP contribution in [0.2, 0.25) is 0 Å². The topological polar surface area (TPSA) is 70.1 Å². The summed E-state index contributed by atoms with van der Waals surface area (Å²) in [6.45, 7) is 4.75. The Hall–Kier alpha value is -2.15. The number of H-pyrrole nitrogens is 1. The maximum absolute atomic E-state index is 12.4. The number of piperidine rings is 2. The number of hydrogen-bond acceptors (Lipinski definition) is 4. The first kappa shape index (κ1) is 17.3. The van der Waals surface area contributed by atoms with Gasteiger partial charge in [-0.05, 0) is 25.8 Å². The van der Waals surface area contributed by atoms with Crippen molar-refractivity contribution in [2.75, 3.05) is 26.2 Å². The molecule has 2 aliphatic rings. The van der Waals surface area contributed by atoms with E-state index in [1.165, 1.54) is 12.8 Å². The zero-order valence-electron chi connectivity index (χ0n) is 15.5. The summed E-state index contributed by atoms with van der Waals surface area (Å²) in [5, 5.41) is 0. The molecule has 0 aromatic carbocycles. The second-order valence-electron chi connectivity index (χ2n) is 7.91. The minimum Gasteiger partial charge on any atom is -0.348 e. The van der Waals surface area contributed by atoms with E-state index in [0.717, 1.165) is 57.1 Å². The van der Waals surface area contributed by atoms with E-state index in [4.69, 9.17) is 0 Å². The molecule has 1 unspecified atom stereocenters. The number of likely N-dealkylation sites (tertiary alicyclic amines) is 2. The van der Waals surface area contributed by atoms with E-state index in [-0.39, 0.29) is 5.41 Å². The number of amides is 1. The molecule has 1 spiro atoms. The fourth-order valence-corrected chi connectivity index (χ4v) is 4.51. The van der Waals surface area contributed by atoms with Crippen molar-refractivity contribution in [2.24, 2.45) is 12.5 Å². The number of aryl methyl sites for hydroxylation is 1. The Labute approximate surface area is 154 Å². The van der Waals surface area contributed by atoms with Crippen LogP contribution in [0.5, 0.6) is 0 Å². The van der Waals surface area contributed by atoms with Crippen LogP contribution in [0.1, 0.15) is 37.2 Å². The fraction of sp³-hybridized carbons (Fsp3) is 0.632. The molecule has 1 amide bonds. The minimum atomic E-state index is 0.241. The van der Waals surface area contributed by atoms with Gasteiger partial charge in [0, 0.05) is 69.2 Å². The van der Waals surface area contributed by atoms with Gasteiger partial charge in [0.2, 0.25) is 5.91 Å². The third-order valence-corrected chi connectivity index (χ3v) is 5.98. The first-order valence-corrected chi connectivity index (χ1v) is 9.57. The van der Waals surface area contributed by atoms with Crippen LogP contribution in [0.3, 0.4) is 0 Å². The third-order valence-electron chi connectivity index (χ3n) is 5.98. The average Bonchev–Trinajstić information content (AvgIpc) is 3.29. The van der Waals surface area contributed by atoms with Crippen molar-refractivity contribution in [1.82, 2.24) is 29.3 Å². The van der Waals surface area contributed by atoms with Crippen molar-refractivity contribution in [1.29, 1.82) is 0 Å². The molecule has 4 heterocycles. The summed E-state index contributed by atoms with van der Waals surface area (Å²) >= 11 is 0. The van der Waals surface area contributed by atoms with E-state index >= 15 is 0 Å². The highest BCUT2D eigenvalue weighted by Crippen LogP contribution is 2.39. The highest BCUT2D eigenvalue weighted by atomic mass is 16.2. The summed E-state index contributed by atoms with van der Waals surface area (Å²) in [7, 11) is 2.05. The second-order valence-corrected chi connectivity index (χ2v) is 7.91. The van der Waals surface area contributed by atoms with E-state index in [1.54, 1.807) is 6.33 Å². The molecule has 1 N–H and O–H groups in total. The Balaban J connectivity index is 1.39. The van der Waals surface area contributed by atoms with Crippen LogP contribution in [0.15, 0.2) is 24.9 Å². The van der Waals surface area contributed by atoms with Crippen molar-refractivity contribution >= 4 is 5.91 Å². The lowest BCUT2D eigenvalue weighted by molar-refractivity contribution is -0.139. The molecule has 7 heteroatoms. The summed E-state index contributed by atoms with van der Waals surface area (Å²) in [6, 6.07) is 0. The summed E-state index contributed by atoms with van der Waals surface area (Å²) in [5.41, 5.74) is 1.34. The standard InChI is InChI=1S/C19H28N6O/c1-23-10-7-21-17(23)12-24-8-2-5-19(13-24)6-3-18(26)25(14-19)9-4-16-11-20-15-22-16/h7,10-11,15H,2-6,8-9,12-14H2,1H3,(H,20,22). The number of hydrogen-bond donors (Lipinski definition) is 1. The van der Waals surface area contributed by atoms with Crippen LogP contribution < -0.4 is 0 Å². The van der Waals surface area contributed by atoms with Gasteiger partial charge in [-0.25, -0.2) is 9.97 Å². The number of carbonyl (C=O) groups excluding carboxylic acids is 1. The van der Waals surface area contributed by atoms with Gasteiger partial charge in [-0.15, -0.1) is 0 Å². The smallest absolute Gasteiger partial charge is 0.222 e. The maximum Gasteiger partial charge on any atom is 0.222 e. The van der Waals surface area contributed by atoms with Gasteiger partial charge in [-0.1, -0.05) is 0 Å². The molecule has 140 valence electrons. The number of aromatic amines is 1. The molecule has 0 saturated carbocycles. The van der Waals surface area contributed by atoms with E-state index in [0.29, 0.717) is 12.3 Å². The average molecular weight is 356 g/mol. The van der Waals surface area contributed by atoms with E-state index in [9.17, 15) is 4.79 Å². The number of nitrogens with one attached hydrogen (secondary N) is 1. The number of imidazole rings is 2. The Morgan fingerprint density at radius 2 is 2.23 bits per heavy atom. The largest absolute Gasteiger partial charge is 0.348 e. The normalized spacial score (nSPS) is 24.5. The van der Waals surface area contributed by atoms with Gasteiger partial charge in [0.05, 0.1) is 12.9 Å². The molecule has 2 aliphatic heterocycles. The molecule has 7 nitrogen and oxygen atoms in total. The Kier molecular flexibility index (Phi) is 4.80. The molecule has 2 aromatic rings. The molecule has 0 aliphatic carbocycles. The third kappa shape index (κ3) is 3.67. The predicted octanol–water partition coefficient (Wildman–Crippen LogP) is 1.59. The molecule has 2 aromatic heterocycles. The summed E-state index contributed by atoms with van der Waals surface area (Å²) < 4.78 is 2.10. The van der Waals surface area contributed by atoms with Gasteiger partial charge in [-0.3, -0.25) is 9.69 Å². The SMILES string of the molecule is Cn1ccnc1CN1CCCC2(CCC(=O)N(CCc3cnc[nH]3)C2)C1. The number of rotatable bonds is 5. The van der Waals surface area contributed by atoms with Crippen molar-refractivity contribution in [3.05, 3.63) is 36.4 Å². The molecule has 1 atom stereocenters. The molecule has 0 bridgehead atoms. The van der Waals surface area contributed by atoms with Crippen LogP contribution >= 0.6 is 0 Å².